The second-order valence-corrected chi connectivity index (χ2v) is 6.49. The number of allylic oxidation sites excluding steroid dienone is 1. The lowest BCUT2D eigenvalue weighted by Crippen LogP contribution is -1.87. The van der Waals surface area contributed by atoms with Gasteiger partial charge >= 0.3 is 0 Å². The molecule has 0 N–H and O–H groups in total. The lowest BCUT2D eigenvalue weighted by atomic mass is 10.1. The molecule has 0 aliphatic heterocycles. The molecule has 3 aromatic carbocycles. The first-order chi connectivity index (χ1) is 10.2. The first-order valence-electron chi connectivity index (χ1n) is 7.11. The van der Waals surface area contributed by atoms with Crippen molar-refractivity contribution in [3.05, 3.63) is 89.3 Å². The Balaban J connectivity index is 1.75. The molecule has 21 heavy (non-hydrogen) atoms. The van der Waals surface area contributed by atoms with E-state index in [1.807, 2.05) is 0 Å². The number of benzene rings is 3. The standard InChI is InChI=1S/C20H18S/c1-15-7-3-6-10-20(15)21-16(2)13-17-11-12-18-8-4-5-9-19(18)14-17/h3-12,14H,2,13H2,1H3. The van der Waals surface area contributed by atoms with Crippen molar-refractivity contribution in [3.63, 3.8) is 0 Å². The van der Waals surface area contributed by atoms with Gasteiger partial charge in [-0.15, -0.1) is 0 Å². The maximum atomic E-state index is 4.23. The molecule has 0 radical (unpaired) electrons. The van der Waals surface area contributed by atoms with Crippen LogP contribution in [0.25, 0.3) is 10.8 Å². The van der Waals surface area contributed by atoms with Crippen LogP contribution < -0.4 is 0 Å². The van der Waals surface area contributed by atoms with Crippen LogP contribution in [0.2, 0.25) is 0 Å². The van der Waals surface area contributed by atoms with Gasteiger partial charge in [0.25, 0.3) is 0 Å². The summed E-state index contributed by atoms with van der Waals surface area (Å²) in [5, 5.41) is 2.59. The van der Waals surface area contributed by atoms with Gasteiger partial charge in [-0.3, -0.25) is 0 Å². The van der Waals surface area contributed by atoms with Crippen LogP contribution in [0.1, 0.15) is 11.1 Å². The van der Waals surface area contributed by atoms with Gasteiger partial charge in [0.2, 0.25) is 0 Å². The van der Waals surface area contributed by atoms with E-state index in [4.69, 9.17) is 0 Å². The van der Waals surface area contributed by atoms with E-state index in [9.17, 15) is 0 Å². The molecule has 0 aliphatic rings. The first kappa shape index (κ1) is 14.0. The molecule has 0 fully saturated rings. The Labute approximate surface area is 130 Å². The van der Waals surface area contributed by atoms with Crippen LogP contribution in [0.4, 0.5) is 0 Å². The Kier molecular flexibility index (Phi) is 4.12. The lowest BCUT2D eigenvalue weighted by molar-refractivity contribution is 1.25. The Morgan fingerprint density at radius 2 is 1.62 bits per heavy atom. The lowest BCUT2D eigenvalue weighted by Gasteiger charge is -2.09. The summed E-state index contributed by atoms with van der Waals surface area (Å²) in [5.74, 6) is 0. The molecular formula is C20H18S. The summed E-state index contributed by atoms with van der Waals surface area (Å²) in [5.41, 5.74) is 2.63. The van der Waals surface area contributed by atoms with Crippen molar-refractivity contribution in [1.29, 1.82) is 0 Å². The van der Waals surface area contributed by atoms with Crippen LogP contribution in [0.5, 0.6) is 0 Å². The summed E-state index contributed by atoms with van der Waals surface area (Å²) < 4.78 is 0. The van der Waals surface area contributed by atoms with Crippen molar-refractivity contribution in [2.75, 3.05) is 0 Å². The van der Waals surface area contributed by atoms with Crippen LogP contribution in [0.3, 0.4) is 0 Å². The third-order valence-electron chi connectivity index (χ3n) is 3.56. The van der Waals surface area contributed by atoms with E-state index in [-0.39, 0.29) is 0 Å². The Hall–Kier alpha value is -1.99. The smallest absolute Gasteiger partial charge is 0.0148 e. The van der Waals surface area contributed by atoms with Crippen molar-refractivity contribution in [2.24, 2.45) is 0 Å². The minimum absolute atomic E-state index is 0.907. The molecule has 0 spiro atoms. The molecule has 1 heteroatoms. The highest BCUT2D eigenvalue weighted by atomic mass is 32.2. The fraction of sp³-hybridized carbons (Fsp3) is 0.100. The Morgan fingerprint density at radius 3 is 2.43 bits per heavy atom. The predicted molar refractivity (Wildman–Crippen MR) is 93.8 cm³/mol. The van der Waals surface area contributed by atoms with Gasteiger partial charge in [-0.1, -0.05) is 79.0 Å². The van der Waals surface area contributed by atoms with Gasteiger partial charge in [0, 0.05) is 11.3 Å². The zero-order valence-electron chi connectivity index (χ0n) is 12.2. The molecule has 0 unspecified atom stereocenters. The summed E-state index contributed by atoms with van der Waals surface area (Å²) >= 11 is 1.78. The quantitative estimate of drug-likeness (QED) is 0.531. The second-order valence-electron chi connectivity index (χ2n) is 5.26. The van der Waals surface area contributed by atoms with Crippen molar-refractivity contribution in [3.8, 4) is 0 Å². The van der Waals surface area contributed by atoms with Gasteiger partial charge in [0.15, 0.2) is 0 Å². The third-order valence-corrected chi connectivity index (χ3v) is 4.67. The third kappa shape index (κ3) is 3.37. The Bertz CT molecular complexity index is 786. The number of fused-ring (bicyclic) bond motifs is 1. The van der Waals surface area contributed by atoms with Crippen LogP contribution in [0.15, 0.2) is 83.1 Å². The molecule has 0 aliphatic carbocycles. The molecular weight excluding hydrogens is 272 g/mol. The fourth-order valence-corrected chi connectivity index (χ4v) is 3.36. The summed E-state index contributed by atoms with van der Waals surface area (Å²) in [7, 11) is 0. The number of hydrogen-bond acceptors (Lipinski definition) is 1. The van der Waals surface area contributed by atoms with Crippen molar-refractivity contribution in [2.45, 2.75) is 18.2 Å². The molecule has 104 valence electrons. The number of aryl methyl sites for hydroxylation is 1. The van der Waals surface area contributed by atoms with Gasteiger partial charge in [-0.05, 0) is 39.8 Å². The predicted octanol–water partition coefficient (Wildman–Crippen LogP) is 6.00. The summed E-state index contributed by atoms with van der Waals surface area (Å²) in [6.07, 6.45) is 0.907. The van der Waals surface area contributed by atoms with Gasteiger partial charge in [0.1, 0.15) is 0 Å². The van der Waals surface area contributed by atoms with Gasteiger partial charge in [0.05, 0.1) is 0 Å². The van der Waals surface area contributed by atoms with E-state index in [1.165, 1.54) is 31.7 Å². The largest absolute Gasteiger partial charge is 0.0945 e. The zero-order chi connectivity index (χ0) is 14.7. The van der Waals surface area contributed by atoms with Gasteiger partial charge < -0.3 is 0 Å². The molecule has 0 bridgehead atoms. The minimum Gasteiger partial charge on any atom is -0.0945 e. The van der Waals surface area contributed by atoms with Crippen LogP contribution in [-0.2, 0) is 6.42 Å². The molecule has 0 saturated carbocycles. The van der Waals surface area contributed by atoms with Crippen molar-refractivity contribution < 1.29 is 0 Å². The van der Waals surface area contributed by atoms with Gasteiger partial charge in [-0.25, -0.2) is 0 Å². The molecule has 0 saturated heterocycles. The highest BCUT2D eigenvalue weighted by Crippen LogP contribution is 2.30. The van der Waals surface area contributed by atoms with E-state index in [2.05, 4.69) is 80.2 Å². The van der Waals surface area contributed by atoms with Crippen molar-refractivity contribution in [1.82, 2.24) is 0 Å². The van der Waals surface area contributed by atoms with Crippen molar-refractivity contribution >= 4 is 22.5 Å². The molecule has 0 atom stereocenters. The average molecular weight is 290 g/mol. The number of rotatable bonds is 4. The normalized spacial score (nSPS) is 10.7. The maximum Gasteiger partial charge on any atom is 0.0148 e. The number of thioether (sulfide) groups is 1. The zero-order valence-corrected chi connectivity index (χ0v) is 13.0. The molecule has 3 aromatic rings. The minimum atomic E-state index is 0.907. The molecule has 3 rings (SSSR count). The highest BCUT2D eigenvalue weighted by molar-refractivity contribution is 8.03. The highest BCUT2D eigenvalue weighted by Gasteiger charge is 2.03. The molecule has 0 amide bonds. The second kappa shape index (κ2) is 6.19. The average Bonchev–Trinajstić information content (AvgIpc) is 2.49. The van der Waals surface area contributed by atoms with E-state index in [0.717, 1.165) is 6.42 Å². The first-order valence-corrected chi connectivity index (χ1v) is 7.93. The van der Waals surface area contributed by atoms with E-state index in [0.29, 0.717) is 0 Å². The fourth-order valence-electron chi connectivity index (χ4n) is 2.44. The maximum absolute atomic E-state index is 4.23. The van der Waals surface area contributed by atoms with Crippen LogP contribution >= 0.6 is 11.8 Å². The topological polar surface area (TPSA) is 0 Å². The van der Waals surface area contributed by atoms with E-state index < -0.39 is 0 Å². The Morgan fingerprint density at radius 1 is 0.905 bits per heavy atom. The summed E-state index contributed by atoms with van der Waals surface area (Å²) in [6, 6.07) is 23.6. The molecule has 0 aromatic heterocycles. The van der Waals surface area contributed by atoms with E-state index in [1.54, 1.807) is 11.8 Å². The molecule has 0 nitrogen and oxygen atoms in total. The van der Waals surface area contributed by atoms with Crippen LogP contribution in [0, 0.1) is 6.92 Å². The summed E-state index contributed by atoms with van der Waals surface area (Å²) in [4.78, 5) is 2.47. The molecule has 0 heterocycles. The van der Waals surface area contributed by atoms with E-state index >= 15 is 0 Å². The monoisotopic (exact) mass is 290 g/mol. The number of hydrogen-bond donors (Lipinski definition) is 0. The summed E-state index contributed by atoms with van der Waals surface area (Å²) in [6.45, 7) is 6.37. The van der Waals surface area contributed by atoms with Gasteiger partial charge in [-0.2, -0.15) is 0 Å². The SMILES string of the molecule is C=C(Cc1ccc2ccccc2c1)Sc1ccccc1C. The van der Waals surface area contributed by atoms with Crippen LogP contribution in [-0.4, -0.2) is 0 Å².